The smallest absolute Gasteiger partial charge is 0.307 e. The molecule has 1 aliphatic carbocycles. The summed E-state index contributed by atoms with van der Waals surface area (Å²) in [5.41, 5.74) is 1.79. The van der Waals surface area contributed by atoms with E-state index in [1.807, 2.05) is 24.3 Å². The van der Waals surface area contributed by atoms with Crippen LogP contribution in [0, 0.1) is 5.92 Å². The van der Waals surface area contributed by atoms with Gasteiger partial charge in [0.2, 0.25) is 6.41 Å². The van der Waals surface area contributed by atoms with Crippen LogP contribution < -0.4 is 10.6 Å². The Bertz CT molecular complexity index is 482. The van der Waals surface area contributed by atoms with Gasteiger partial charge in [-0.05, 0) is 49.3 Å². The minimum Gasteiger partial charge on any atom is -0.481 e. The number of benzene rings is 1. The zero-order valence-electron chi connectivity index (χ0n) is 12.0. The molecule has 0 atom stereocenters. The van der Waals surface area contributed by atoms with Gasteiger partial charge in [-0.3, -0.25) is 9.59 Å². The number of rotatable bonds is 7. The molecule has 0 radical (unpaired) electrons. The van der Waals surface area contributed by atoms with E-state index in [2.05, 4.69) is 10.6 Å². The molecule has 0 aliphatic heterocycles. The van der Waals surface area contributed by atoms with Gasteiger partial charge in [0, 0.05) is 18.3 Å². The van der Waals surface area contributed by atoms with Gasteiger partial charge in [0.15, 0.2) is 0 Å². The maximum Gasteiger partial charge on any atom is 0.307 e. The molecule has 114 valence electrons. The van der Waals surface area contributed by atoms with Crippen molar-refractivity contribution in [3.05, 3.63) is 29.8 Å². The second-order valence-corrected chi connectivity index (χ2v) is 5.65. The van der Waals surface area contributed by atoms with E-state index < -0.39 is 5.97 Å². The van der Waals surface area contributed by atoms with Crippen LogP contribution in [0.5, 0.6) is 0 Å². The molecule has 0 unspecified atom stereocenters. The van der Waals surface area contributed by atoms with Crippen molar-refractivity contribution in [3.8, 4) is 0 Å². The second kappa shape index (κ2) is 7.67. The van der Waals surface area contributed by atoms with Crippen molar-refractivity contribution in [3.63, 3.8) is 0 Å². The first-order valence-electron chi connectivity index (χ1n) is 7.41. The summed E-state index contributed by atoms with van der Waals surface area (Å²) in [6.45, 7) is 0.893. The summed E-state index contributed by atoms with van der Waals surface area (Å²) in [5.74, 6) is -0.203. The Balaban J connectivity index is 1.78. The highest BCUT2D eigenvalue weighted by Gasteiger charge is 2.20. The number of hydrogen-bond donors (Lipinski definition) is 3. The molecule has 21 heavy (non-hydrogen) atoms. The van der Waals surface area contributed by atoms with Crippen LogP contribution in [0.15, 0.2) is 24.3 Å². The Morgan fingerprint density at radius 2 is 2.05 bits per heavy atom. The molecule has 3 N–H and O–H groups in total. The third kappa shape index (κ3) is 5.10. The first kappa shape index (κ1) is 15.4. The number of nitrogens with one attached hydrogen (secondary N) is 2. The maximum absolute atomic E-state index is 10.7. The van der Waals surface area contributed by atoms with Gasteiger partial charge in [0.05, 0.1) is 6.42 Å². The van der Waals surface area contributed by atoms with Gasteiger partial charge in [-0.15, -0.1) is 0 Å². The lowest BCUT2D eigenvalue weighted by Crippen LogP contribution is -2.33. The van der Waals surface area contributed by atoms with E-state index in [-0.39, 0.29) is 6.42 Å². The Hall–Kier alpha value is -2.04. The average Bonchev–Trinajstić information content (AvgIpc) is 2.47. The molecule has 1 aromatic carbocycles. The van der Waals surface area contributed by atoms with Crippen LogP contribution in [-0.2, 0) is 16.0 Å². The molecule has 0 bridgehead atoms. The Labute approximate surface area is 124 Å². The van der Waals surface area contributed by atoms with Crippen molar-refractivity contribution < 1.29 is 14.7 Å². The quantitative estimate of drug-likeness (QED) is 0.671. The lowest BCUT2D eigenvalue weighted by Gasteiger charge is -2.28. The molecule has 0 spiro atoms. The first-order chi connectivity index (χ1) is 10.2. The topological polar surface area (TPSA) is 78.4 Å². The lowest BCUT2D eigenvalue weighted by atomic mass is 9.86. The number of amides is 1. The number of carboxylic acid groups (broad SMARTS) is 1. The van der Waals surface area contributed by atoms with Gasteiger partial charge >= 0.3 is 5.97 Å². The predicted molar refractivity (Wildman–Crippen MR) is 81.2 cm³/mol. The minimum absolute atomic E-state index is 0.0536. The minimum atomic E-state index is -0.812. The highest BCUT2D eigenvalue weighted by Crippen LogP contribution is 2.24. The van der Waals surface area contributed by atoms with Crippen LogP contribution >= 0.6 is 0 Å². The van der Waals surface area contributed by atoms with E-state index in [9.17, 15) is 9.59 Å². The van der Waals surface area contributed by atoms with E-state index in [0.29, 0.717) is 12.0 Å². The van der Waals surface area contributed by atoms with Crippen LogP contribution in [0.2, 0.25) is 0 Å². The standard InChI is InChI=1S/C16H22N2O3/c19-11-18-14-6-4-12(5-7-14)10-17-15-3-1-2-13(8-15)9-16(20)21/h1-3,8,11-12,14,17H,4-7,9-10H2,(H,18,19)(H,20,21). The zero-order valence-corrected chi connectivity index (χ0v) is 12.0. The molecule has 1 fully saturated rings. The van der Waals surface area contributed by atoms with Gasteiger partial charge < -0.3 is 15.7 Å². The number of aliphatic carboxylic acids is 1. The molecule has 1 amide bonds. The summed E-state index contributed by atoms with van der Waals surface area (Å²) in [6.07, 6.45) is 5.12. The van der Waals surface area contributed by atoms with Gasteiger partial charge in [-0.2, -0.15) is 0 Å². The van der Waals surface area contributed by atoms with E-state index >= 15 is 0 Å². The number of hydrogen-bond acceptors (Lipinski definition) is 3. The third-order valence-electron chi connectivity index (χ3n) is 4.03. The third-order valence-corrected chi connectivity index (χ3v) is 4.03. The van der Waals surface area contributed by atoms with Crippen molar-refractivity contribution in [1.82, 2.24) is 5.32 Å². The second-order valence-electron chi connectivity index (χ2n) is 5.65. The molecule has 5 heteroatoms. The van der Waals surface area contributed by atoms with Crippen LogP contribution in [-0.4, -0.2) is 30.1 Å². The molecule has 5 nitrogen and oxygen atoms in total. The Kier molecular flexibility index (Phi) is 5.60. The van der Waals surface area contributed by atoms with E-state index in [1.165, 1.54) is 0 Å². The molecule has 1 aromatic rings. The number of carbonyl (C=O) groups is 2. The fraction of sp³-hybridized carbons (Fsp3) is 0.500. The molecule has 0 aromatic heterocycles. The molecule has 0 saturated heterocycles. The number of anilines is 1. The predicted octanol–water partition coefficient (Wildman–Crippen LogP) is 2.03. The van der Waals surface area contributed by atoms with Crippen LogP contribution in [0.1, 0.15) is 31.2 Å². The molecular weight excluding hydrogens is 268 g/mol. The highest BCUT2D eigenvalue weighted by atomic mass is 16.4. The molecule has 2 rings (SSSR count). The van der Waals surface area contributed by atoms with Crippen LogP contribution in [0.25, 0.3) is 0 Å². The summed E-state index contributed by atoms with van der Waals surface area (Å²) in [5, 5.41) is 15.0. The highest BCUT2D eigenvalue weighted by molar-refractivity contribution is 5.70. The molecule has 0 heterocycles. The molecular formula is C16H22N2O3. The summed E-state index contributed by atoms with van der Waals surface area (Å²) in [4.78, 5) is 21.1. The fourth-order valence-electron chi connectivity index (χ4n) is 2.86. The Morgan fingerprint density at radius 3 is 2.71 bits per heavy atom. The van der Waals surface area contributed by atoms with E-state index in [0.717, 1.165) is 49.9 Å². The SMILES string of the molecule is O=CNC1CCC(CNc2cccc(CC(=O)O)c2)CC1. The van der Waals surface area contributed by atoms with E-state index in [4.69, 9.17) is 5.11 Å². The normalized spacial score (nSPS) is 21.5. The molecule has 1 aliphatic rings. The van der Waals surface area contributed by atoms with Gasteiger partial charge in [-0.25, -0.2) is 0 Å². The van der Waals surface area contributed by atoms with Crippen molar-refractivity contribution in [2.75, 3.05) is 11.9 Å². The summed E-state index contributed by atoms with van der Waals surface area (Å²) >= 11 is 0. The monoisotopic (exact) mass is 290 g/mol. The summed E-state index contributed by atoms with van der Waals surface area (Å²) < 4.78 is 0. The van der Waals surface area contributed by atoms with Crippen molar-refractivity contribution in [2.45, 2.75) is 38.1 Å². The van der Waals surface area contributed by atoms with Crippen molar-refractivity contribution >= 4 is 18.1 Å². The molecule has 1 saturated carbocycles. The first-order valence-corrected chi connectivity index (χ1v) is 7.41. The van der Waals surface area contributed by atoms with Crippen LogP contribution in [0.3, 0.4) is 0 Å². The Morgan fingerprint density at radius 1 is 1.29 bits per heavy atom. The lowest BCUT2D eigenvalue weighted by molar-refractivity contribution is -0.136. The average molecular weight is 290 g/mol. The summed E-state index contributed by atoms with van der Waals surface area (Å²) in [7, 11) is 0. The van der Waals surface area contributed by atoms with Gasteiger partial charge in [-0.1, -0.05) is 12.1 Å². The van der Waals surface area contributed by atoms with Gasteiger partial charge in [0.25, 0.3) is 0 Å². The summed E-state index contributed by atoms with van der Waals surface area (Å²) in [6, 6.07) is 7.90. The maximum atomic E-state index is 10.7. The van der Waals surface area contributed by atoms with Crippen molar-refractivity contribution in [2.24, 2.45) is 5.92 Å². The van der Waals surface area contributed by atoms with Crippen LogP contribution in [0.4, 0.5) is 5.69 Å². The van der Waals surface area contributed by atoms with E-state index in [1.54, 1.807) is 0 Å². The zero-order chi connectivity index (χ0) is 15.1. The number of carboxylic acids is 1. The fourth-order valence-corrected chi connectivity index (χ4v) is 2.86. The largest absolute Gasteiger partial charge is 0.481 e. The van der Waals surface area contributed by atoms with Gasteiger partial charge in [0.1, 0.15) is 0 Å². The van der Waals surface area contributed by atoms with Crippen molar-refractivity contribution in [1.29, 1.82) is 0 Å². The number of carbonyl (C=O) groups excluding carboxylic acids is 1.